The Morgan fingerprint density at radius 2 is 1.96 bits per heavy atom. The molecule has 1 saturated heterocycles. The average Bonchev–Trinajstić information content (AvgIpc) is 3.30. The van der Waals surface area contributed by atoms with Crippen LogP contribution in [0.5, 0.6) is 5.75 Å². The zero-order valence-electron chi connectivity index (χ0n) is 18.0. The van der Waals surface area contributed by atoms with Crippen LogP contribution in [0.25, 0.3) is 10.9 Å². The molecule has 1 aliphatic heterocycles. The van der Waals surface area contributed by atoms with Crippen LogP contribution in [0.15, 0.2) is 12.1 Å². The third-order valence-electron chi connectivity index (χ3n) is 5.80. The molecule has 4 rings (SSSR count). The molecule has 0 amide bonds. The third kappa shape index (κ3) is 4.06. The summed E-state index contributed by atoms with van der Waals surface area (Å²) < 4.78 is 14.4. The highest BCUT2D eigenvalue weighted by molar-refractivity contribution is 5.88. The first-order valence-electron chi connectivity index (χ1n) is 11.0. The highest BCUT2D eigenvalue weighted by atomic mass is 16.5. The SMILES string of the molecule is [2H]C(C)(C)Nc1nc2cc(OCCCN3CCCC3)c(C)cc2c2c1CCC2. The Labute approximate surface area is 164 Å². The molecule has 0 spiro atoms. The molecule has 0 bridgehead atoms. The molecule has 2 aromatic rings. The van der Waals surface area contributed by atoms with Gasteiger partial charge in [0.25, 0.3) is 0 Å². The second kappa shape index (κ2) is 8.05. The molecule has 27 heavy (non-hydrogen) atoms. The number of hydrogen-bond acceptors (Lipinski definition) is 4. The molecule has 0 unspecified atom stereocenters. The van der Waals surface area contributed by atoms with Crippen LogP contribution < -0.4 is 10.1 Å². The van der Waals surface area contributed by atoms with Gasteiger partial charge in [-0.25, -0.2) is 4.98 Å². The number of aromatic nitrogens is 1. The fourth-order valence-corrected chi connectivity index (χ4v) is 4.47. The minimum Gasteiger partial charge on any atom is -0.493 e. The van der Waals surface area contributed by atoms with Crippen LogP contribution in [0.4, 0.5) is 5.82 Å². The van der Waals surface area contributed by atoms with E-state index >= 15 is 0 Å². The Balaban J connectivity index is 1.55. The van der Waals surface area contributed by atoms with Gasteiger partial charge in [0.1, 0.15) is 11.6 Å². The van der Waals surface area contributed by atoms with E-state index in [2.05, 4.69) is 29.3 Å². The number of hydrogen-bond donors (Lipinski definition) is 1. The fraction of sp³-hybridized carbons (Fsp3) is 0.609. The largest absolute Gasteiger partial charge is 0.493 e. The van der Waals surface area contributed by atoms with Crippen molar-refractivity contribution in [1.29, 1.82) is 0 Å². The van der Waals surface area contributed by atoms with Gasteiger partial charge in [0.05, 0.1) is 13.5 Å². The van der Waals surface area contributed by atoms with Crippen molar-refractivity contribution in [1.82, 2.24) is 9.88 Å². The van der Waals surface area contributed by atoms with Crippen LogP contribution in [0.1, 0.15) is 57.6 Å². The van der Waals surface area contributed by atoms with Crippen LogP contribution in [0.2, 0.25) is 0 Å². The van der Waals surface area contributed by atoms with Crippen molar-refractivity contribution in [2.75, 3.05) is 31.6 Å². The summed E-state index contributed by atoms with van der Waals surface area (Å²) >= 11 is 0. The molecule has 1 N–H and O–H groups in total. The number of likely N-dealkylation sites (tertiary alicyclic amines) is 1. The van der Waals surface area contributed by atoms with Gasteiger partial charge in [-0.15, -0.1) is 0 Å². The number of ether oxygens (including phenoxy) is 1. The summed E-state index contributed by atoms with van der Waals surface area (Å²) in [6.07, 6.45) is 7.05. The predicted octanol–water partition coefficient (Wildman–Crippen LogP) is 4.72. The Hall–Kier alpha value is -1.81. The lowest BCUT2D eigenvalue weighted by atomic mass is 10.0. The molecule has 1 aromatic heterocycles. The molecule has 0 radical (unpaired) electrons. The van der Waals surface area contributed by atoms with Gasteiger partial charge in [-0.3, -0.25) is 0 Å². The number of fused-ring (bicyclic) bond motifs is 3. The highest BCUT2D eigenvalue weighted by Gasteiger charge is 2.21. The molecule has 2 heterocycles. The zero-order valence-corrected chi connectivity index (χ0v) is 17.0. The van der Waals surface area contributed by atoms with Crippen LogP contribution in [-0.4, -0.2) is 42.1 Å². The van der Waals surface area contributed by atoms with Crippen LogP contribution >= 0.6 is 0 Å². The van der Waals surface area contributed by atoms with Crippen LogP contribution in [-0.2, 0) is 12.8 Å². The summed E-state index contributed by atoms with van der Waals surface area (Å²) in [6.45, 7) is 10.2. The van der Waals surface area contributed by atoms with Crippen molar-refractivity contribution in [2.24, 2.45) is 0 Å². The van der Waals surface area contributed by atoms with E-state index in [0.717, 1.165) is 55.9 Å². The summed E-state index contributed by atoms with van der Waals surface area (Å²) in [7, 11) is 0. The Morgan fingerprint density at radius 1 is 1.19 bits per heavy atom. The first kappa shape index (κ1) is 17.3. The van der Waals surface area contributed by atoms with Crippen molar-refractivity contribution >= 4 is 16.7 Å². The molecule has 0 saturated carbocycles. The minimum atomic E-state index is -0.739. The molecule has 0 atom stereocenters. The van der Waals surface area contributed by atoms with Crippen molar-refractivity contribution in [3.8, 4) is 5.75 Å². The fourth-order valence-electron chi connectivity index (χ4n) is 4.47. The lowest BCUT2D eigenvalue weighted by Gasteiger charge is -2.18. The van der Waals surface area contributed by atoms with E-state index in [4.69, 9.17) is 11.1 Å². The molecule has 1 aliphatic carbocycles. The van der Waals surface area contributed by atoms with E-state index in [0.29, 0.717) is 0 Å². The highest BCUT2D eigenvalue weighted by Crippen LogP contribution is 2.36. The molecule has 1 fully saturated rings. The summed E-state index contributed by atoms with van der Waals surface area (Å²) in [6, 6.07) is 3.61. The van der Waals surface area contributed by atoms with Gasteiger partial charge in [0, 0.05) is 24.0 Å². The zero-order chi connectivity index (χ0) is 19.7. The van der Waals surface area contributed by atoms with E-state index < -0.39 is 6.02 Å². The van der Waals surface area contributed by atoms with Gasteiger partial charge >= 0.3 is 0 Å². The van der Waals surface area contributed by atoms with Gasteiger partial charge in [-0.05, 0) is 95.1 Å². The van der Waals surface area contributed by atoms with E-state index in [1.54, 1.807) is 0 Å². The van der Waals surface area contributed by atoms with E-state index in [1.165, 1.54) is 48.0 Å². The third-order valence-corrected chi connectivity index (χ3v) is 5.80. The molecular formula is C23H33N3O. The number of rotatable bonds is 7. The maximum absolute atomic E-state index is 8.22. The molecular weight excluding hydrogens is 334 g/mol. The van der Waals surface area contributed by atoms with Crippen LogP contribution in [0.3, 0.4) is 0 Å². The second-order valence-corrected chi connectivity index (χ2v) is 8.28. The standard InChI is InChI=1S/C23H33N3O/c1-16(2)24-23-19-9-6-8-18(19)20-14-17(3)22(15-21(20)25-23)27-13-7-12-26-10-4-5-11-26/h14-16H,4-13H2,1-3H3,(H,24,25)/i16D. The topological polar surface area (TPSA) is 37.4 Å². The van der Waals surface area contributed by atoms with E-state index in [-0.39, 0.29) is 0 Å². The maximum Gasteiger partial charge on any atom is 0.130 e. The van der Waals surface area contributed by atoms with E-state index in [1.807, 2.05) is 13.8 Å². The Kier molecular flexibility index (Phi) is 5.16. The number of anilines is 1. The molecule has 4 heteroatoms. The van der Waals surface area contributed by atoms with Gasteiger partial charge in [0.2, 0.25) is 0 Å². The summed E-state index contributed by atoms with van der Waals surface area (Å²) in [4.78, 5) is 7.44. The van der Waals surface area contributed by atoms with Crippen molar-refractivity contribution < 1.29 is 6.11 Å². The van der Waals surface area contributed by atoms with Gasteiger partial charge in [-0.2, -0.15) is 0 Å². The first-order valence-corrected chi connectivity index (χ1v) is 10.5. The number of aryl methyl sites for hydroxylation is 2. The van der Waals surface area contributed by atoms with Crippen molar-refractivity contribution in [3.63, 3.8) is 0 Å². The summed E-state index contributed by atoms with van der Waals surface area (Å²) in [5.74, 6) is 1.82. The number of pyridine rings is 1. The normalized spacial score (nSPS) is 18.0. The number of nitrogens with zero attached hydrogens (tertiary/aromatic N) is 2. The quantitative estimate of drug-likeness (QED) is 0.718. The van der Waals surface area contributed by atoms with Crippen molar-refractivity contribution in [2.45, 2.75) is 65.3 Å². The molecule has 4 nitrogen and oxygen atoms in total. The Morgan fingerprint density at radius 3 is 2.74 bits per heavy atom. The predicted molar refractivity (Wildman–Crippen MR) is 113 cm³/mol. The van der Waals surface area contributed by atoms with Gasteiger partial charge in [0.15, 0.2) is 0 Å². The van der Waals surface area contributed by atoms with Crippen LogP contribution in [0, 0.1) is 6.92 Å². The van der Waals surface area contributed by atoms with Gasteiger partial charge in [-0.1, -0.05) is 0 Å². The lowest BCUT2D eigenvalue weighted by molar-refractivity contribution is 0.262. The van der Waals surface area contributed by atoms with Gasteiger partial charge < -0.3 is 15.0 Å². The molecule has 1 aromatic carbocycles. The Bertz CT molecular complexity index is 853. The smallest absolute Gasteiger partial charge is 0.130 e. The minimum absolute atomic E-state index is 0.739. The monoisotopic (exact) mass is 368 g/mol. The molecule has 2 aliphatic rings. The number of benzene rings is 1. The lowest BCUT2D eigenvalue weighted by Crippen LogP contribution is -2.22. The second-order valence-electron chi connectivity index (χ2n) is 8.28. The maximum atomic E-state index is 8.22. The first-order chi connectivity index (χ1) is 13.4. The van der Waals surface area contributed by atoms with Crippen molar-refractivity contribution in [3.05, 3.63) is 28.8 Å². The molecule has 146 valence electrons. The van der Waals surface area contributed by atoms with E-state index in [9.17, 15) is 0 Å². The summed E-state index contributed by atoms with van der Waals surface area (Å²) in [5, 5.41) is 4.55. The summed E-state index contributed by atoms with van der Waals surface area (Å²) in [5.41, 5.74) is 4.87. The average molecular weight is 369 g/mol. The number of nitrogens with one attached hydrogen (secondary N) is 1.